The molecule has 0 saturated heterocycles. The molecule has 2 saturated carbocycles. The average Bonchev–Trinajstić information content (AvgIpc) is 2.85. The quantitative estimate of drug-likeness (QED) is 0.196. The molecule has 0 aromatic heterocycles. The third-order valence-electron chi connectivity index (χ3n) is 8.40. The number of likely N-dealkylation sites (N-methyl/N-ethyl adjacent to an activating group) is 1. The van der Waals surface area contributed by atoms with Crippen LogP contribution in [0.3, 0.4) is 0 Å². The standard InChI is InChI=1S/C28H37N5O8/c1-27(2,3)10-31-26(40)32-15-8-12(9-29)13-6-11-7-14-19(33(4)5)22(36)18(25(30)39)24(38)28(14,41)23(37)16(11)21(35)17(13)20(15)34/h8,11,14,16,18-19,34,41H,6-7,9-10,29H2,1-5H3,(H2,30,39)(H2,31,32,40)/t11-,14-,16?,18?,19-,28-/m0/s1. The predicted molar refractivity (Wildman–Crippen MR) is 146 cm³/mol. The van der Waals surface area contributed by atoms with Crippen molar-refractivity contribution in [2.75, 3.05) is 26.0 Å². The molecule has 1 aromatic carbocycles. The maximum atomic E-state index is 13.9. The number of phenolic OH excluding ortho intramolecular Hbond substituents is 1. The highest BCUT2D eigenvalue weighted by Crippen LogP contribution is 2.51. The lowest BCUT2D eigenvalue weighted by Crippen LogP contribution is -2.74. The molecule has 3 aliphatic rings. The maximum Gasteiger partial charge on any atom is 0.319 e. The molecule has 2 fully saturated rings. The minimum Gasteiger partial charge on any atom is -0.505 e. The number of ketones is 4. The number of aliphatic hydroxyl groups is 1. The number of primary amides is 1. The Morgan fingerprint density at radius 1 is 1.15 bits per heavy atom. The van der Waals surface area contributed by atoms with E-state index in [1.165, 1.54) is 25.1 Å². The molecule has 0 heterocycles. The van der Waals surface area contributed by atoms with Crippen LogP contribution in [0.15, 0.2) is 6.07 Å². The smallest absolute Gasteiger partial charge is 0.319 e. The molecule has 222 valence electrons. The van der Waals surface area contributed by atoms with E-state index in [0.29, 0.717) is 17.7 Å². The van der Waals surface area contributed by atoms with Crippen LogP contribution in [0.2, 0.25) is 0 Å². The van der Waals surface area contributed by atoms with E-state index in [4.69, 9.17) is 11.5 Å². The van der Waals surface area contributed by atoms with Crippen molar-refractivity contribution in [3.63, 3.8) is 0 Å². The number of Topliss-reactive ketones (excluding diaryl/α,β-unsaturated/α-hetero) is 4. The molecule has 3 amide bonds. The highest BCUT2D eigenvalue weighted by molar-refractivity contribution is 6.32. The number of benzene rings is 1. The van der Waals surface area contributed by atoms with E-state index in [1.807, 2.05) is 20.8 Å². The molecule has 13 heteroatoms. The summed E-state index contributed by atoms with van der Waals surface area (Å²) < 4.78 is 0. The number of carbonyl (C=O) groups is 6. The number of carbonyl (C=O) groups excluding carboxylic acids is 6. The molecular formula is C28H37N5O8. The molecule has 0 radical (unpaired) electrons. The Hall–Kier alpha value is -3.68. The van der Waals surface area contributed by atoms with Crippen LogP contribution in [0.25, 0.3) is 0 Å². The van der Waals surface area contributed by atoms with E-state index in [0.717, 1.165) is 0 Å². The number of nitrogens with zero attached hydrogens (tertiary/aromatic N) is 1. The van der Waals surface area contributed by atoms with Gasteiger partial charge in [0.05, 0.1) is 23.2 Å². The number of amides is 3. The summed E-state index contributed by atoms with van der Waals surface area (Å²) in [7, 11) is 3.04. The van der Waals surface area contributed by atoms with E-state index in [9.17, 15) is 39.0 Å². The Morgan fingerprint density at radius 2 is 1.78 bits per heavy atom. The van der Waals surface area contributed by atoms with Crippen molar-refractivity contribution < 1.29 is 39.0 Å². The van der Waals surface area contributed by atoms with Gasteiger partial charge in [-0.05, 0) is 55.5 Å². The largest absolute Gasteiger partial charge is 0.505 e. The summed E-state index contributed by atoms with van der Waals surface area (Å²) in [5.74, 6) is -11.5. The fourth-order valence-electron chi connectivity index (χ4n) is 6.54. The zero-order valence-electron chi connectivity index (χ0n) is 23.7. The van der Waals surface area contributed by atoms with Crippen LogP contribution in [0.1, 0.15) is 48.7 Å². The van der Waals surface area contributed by atoms with Crippen LogP contribution in [0.4, 0.5) is 10.5 Å². The first-order valence-corrected chi connectivity index (χ1v) is 13.4. The lowest BCUT2D eigenvalue weighted by atomic mass is 9.52. The summed E-state index contributed by atoms with van der Waals surface area (Å²) in [6.07, 6.45) is 0.0201. The molecule has 0 bridgehead atoms. The summed E-state index contributed by atoms with van der Waals surface area (Å²) in [5, 5.41) is 28.0. The molecule has 41 heavy (non-hydrogen) atoms. The second-order valence-corrected chi connectivity index (χ2v) is 12.6. The second kappa shape index (κ2) is 10.3. The van der Waals surface area contributed by atoms with E-state index in [-0.39, 0.29) is 36.1 Å². The van der Waals surface area contributed by atoms with Gasteiger partial charge in [0.2, 0.25) is 5.91 Å². The third kappa shape index (κ3) is 4.81. The van der Waals surface area contributed by atoms with Gasteiger partial charge in [0, 0.05) is 19.0 Å². The minimum absolute atomic E-state index is 0.0511. The first-order chi connectivity index (χ1) is 18.9. The summed E-state index contributed by atoms with van der Waals surface area (Å²) in [4.78, 5) is 80.5. The number of anilines is 1. The summed E-state index contributed by atoms with van der Waals surface area (Å²) in [6.45, 7) is 6.03. The lowest BCUT2D eigenvalue weighted by Gasteiger charge is -2.52. The Morgan fingerprint density at radius 3 is 2.32 bits per heavy atom. The lowest BCUT2D eigenvalue weighted by molar-refractivity contribution is -0.181. The Labute approximate surface area is 237 Å². The molecule has 3 aliphatic carbocycles. The fraction of sp³-hybridized carbons (Fsp3) is 0.571. The van der Waals surface area contributed by atoms with Crippen LogP contribution in [0, 0.1) is 29.1 Å². The molecule has 2 unspecified atom stereocenters. The van der Waals surface area contributed by atoms with Crippen molar-refractivity contribution in [3.05, 3.63) is 22.8 Å². The van der Waals surface area contributed by atoms with E-state index < -0.39 is 76.1 Å². The summed E-state index contributed by atoms with van der Waals surface area (Å²) in [6, 6.07) is -0.347. The molecule has 1 aromatic rings. The van der Waals surface area contributed by atoms with Gasteiger partial charge in [-0.2, -0.15) is 0 Å². The van der Waals surface area contributed by atoms with Crippen molar-refractivity contribution in [3.8, 4) is 5.75 Å². The van der Waals surface area contributed by atoms with Crippen molar-refractivity contribution in [1.82, 2.24) is 10.2 Å². The van der Waals surface area contributed by atoms with Crippen molar-refractivity contribution in [2.24, 2.45) is 40.6 Å². The average molecular weight is 572 g/mol. The SMILES string of the molecule is CN(C)[C@@H]1C(=O)C(C(N)=O)C(=O)[C@@]2(O)C(=O)C3C(=O)c4c(O)c(NC(=O)NCC(C)(C)C)cc(CN)c4C[C@H]3C[C@@H]12. The van der Waals surface area contributed by atoms with Gasteiger partial charge in [0.1, 0.15) is 5.75 Å². The van der Waals surface area contributed by atoms with Gasteiger partial charge in [-0.15, -0.1) is 0 Å². The maximum absolute atomic E-state index is 13.9. The van der Waals surface area contributed by atoms with Crippen molar-refractivity contribution in [2.45, 2.75) is 51.8 Å². The normalized spacial score (nSPS) is 29.5. The zero-order valence-corrected chi connectivity index (χ0v) is 23.7. The van der Waals surface area contributed by atoms with Gasteiger partial charge < -0.3 is 32.3 Å². The zero-order chi connectivity index (χ0) is 30.8. The van der Waals surface area contributed by atoms with Gasteiger partial charge in [0.25, 0.3) is 0 Å². The van der Waals surface area contributed by atoms with Crippen molar-refractivity contribution >= 4 is 40.8 Å². The Balaban J connectivity index is 1.78. The highest BCUT2D eigenvalue weighted by Gasteiger charge is 2.69. The third-order valence-corrected chi connectivity index (χ3v) is 8.40. The van der Waals surface area contributed by atoms with Gasteiger partial charge in [-0.25, -0.2) is 4.79 Å². The molecule has 0 aliphatic heterocycles. The van der Waals surface area contributed by atoms with Crippen LogP contribution in [0.5, 0.6) is 5.75 Å². The topological polar surface area (TPSA) is 222 Å². The monoisotopic (exact) mass is 571 g/mol. The number of hydrogen-bond acceptors (Lipinski definition) is 10. The Kier molecular flexibility index (Phi) is 7.61. The number of urea groups is 1. The second-order valence-electron chi connectivity index (χ2n) is 12.6. The first-order valence-electron chi connectivity index (χ1n) is 13.4. The predicted octanol–water partition coefficient (Wildman–Crippen LogP) is -0.507. The molecule has 8 N–H and O–H groups in total. The number of rotatable bonds is 5. The van der Waals surface area contributed by atoms with E-state index in [1.54, 1.807) is 0 Å². The summed E-state index contributed by atoms with van der Waals surface area (Å²) in [5.41, 5.74) is 8.81. The number of hydrogen-bond donors (Lipinski definition) is 6. The van der Waals surface area contributed by atoms with Gasteiger partial charge in [-0.1, -0.05) is 20.8 Å². The highest BCUT2D eigenvalue weighted by atomic mass is 16.3. The van der Waals surface area contributed by atoms with Crippen molar-refractivity contribution in [1.29, 1.82) is 0 Å². The van der Waals surface area contributed by atoms with Crippen LogP contribution in [-0.2, 0) is 32.1 Å². The molecular weight excluding hydrogens is 534 g/mol. The fourth-order valence-corrected chi connectivity index (χ4v) is 6.54. The van der Waals surface area contributed by atoms with Crippen LogP contribution in [-0.4, -0.2) is 82.5 Å². The molecule has 4 rings (SSSR count). The number of nitrogens with one attached hydrogen (secondary N) is 2. The van der Waals surface area contributed by atoms with E-state index in [2.05, 4.69) is 10.6 Å². The van der Waals surface area contributed by atoms with E-state index >= 15 is 0 Å². The van der Waals surface area contributed by atoms with Gasteiger partial charge in [-0.3, -0.25) is 28.9 Å². The Bertz CT molecular complexity index is 1370. The first kappa shape index (κ1) is 30.3. The summed E-state index contributed by atoms with van der Waals surface area (Å²) >= 11 is 0. The molecule has 6 atom stereocenters. The molecule has 0 spiro atoms. The number of nitrogens with two attached hydrogens (primary N) is 2. The number of fused-ring (bicyclic) bond motifs is 3. The van der Waals surface area contributed by atoms with Gasteiger partial charge >= 0.3 is 6.03 Å². The van der Waals surface area contributed by atoms with Crippen LogP contribution < -0.4 is 22.1 Å². The number of phenols is 1. The molecule has 13 nitrogen and oxygen atoms in total. The van der Waals surface area contributed by atoms with Gasteiger partial charge in [0.15, 0.2) is 34.7 Å². The number of aromatic hydroxyl groups is 1. The van der Waals surface area contributed by atoms with Crippen LogP contribution >= 0.6 is 0 Å². The minimum atomic E-state index is -2.81.